The summed E-state index contributed by atoms with van der Waals surface area (Å²) < 4.78 is 0. The van der Waals surface area contributed by atoms with Gasteiger partial charge >= 0.3 is 12.1 Å². The highest BCUT2D eigenvalue weighted by molar-refractivity contribution is 5.79. The van der Waals surface area contributed by atoms with E-state index in [0.717, 1.165) is 10.5 Å². The van der Waals surface area contributed by atoms with Crippen LogP contribution in [0.3, 0.4) is 0 Å². The molecule has 0 bridgehead atoms. The fraction of sp³-hybridized carbons (Fsp3) is 0.429. The maximum absolute atomic E-state index is 11.2. The molecule has 19 heavy (non-hydrogen) atoms. The maximum atomic E-state index is 11.2. The molecule has 2 N–H and O–H groups in total. The summed E-state index contributed by atoms with van der Waals surface area (Å²) in [7, 11) is 0. The van der Waals surface area contributed by atoms with Crippen LogP contribution in [-0.4, -0.2) is 39.8 Å². The Balaban J connectivity index is 2.71. The maximum Gasteiger partial charge on any atom is 0.408 e. The minimum atomic E-state index is -1.18. The van der Waals surface area contributed by atoms with Crippen LogP contribution in [0.5, 0.6) is 0 Å². The van der Waals surface area contributed by atoms with Gasteiger partial charge in [0.05, 0.1) is 0 Å². The van der Waals surface area contributed by atoms with E-state index in [2.05, 4.69) is 0 Å². The van der Waals surface area contributed by atoms with Crippen molar-refractivity contribution >= 4 is 12.1 Å². The summed E-state index contributed by atoms with van der Waals surface area (Å²) in [5.41, 5.74) is 0.995. The summed E-state index contributed by atoms with van der Waals surface area (Å²) in [5, 5.41) is 18.3. The van der Waals surface area contributed by atoms with E-state index in [1.54, 1.807) is 0 Å². The lowest BCUT2D eigenvalue weighted by atomic mass is 10.1. The number of carbonyl (C=O) groups is 2. The molecule has 1 amide bonds. The van der Waals surface area contributed by atoms with Gasteiger partial charge in [0.25, 0.3) is 0 Å². The van der Waals surface area contributed by atoms with Crippen LogP contribution in [0.2, 0.25) is 0 Å². The molecule has 0 aromatic heterocycles. The zero-order chi connectivity index (χ0) is 14.3. The van der Waals surface area contributed by atoms with Gasteiger partial charge in [-0.05, 0) is 18.4 Å². The average Bonchev–Trinajstić information content (AvgIpc) is 2.38. The van der Waals surface area contributed by atoms with Gasteiger partial charge in [-0.15, -0.1) is 0 Å². The van der Waals surface area contributed by atoms with Gasteiger partial charge in [0.15, 0.2) is 0 Å². The summed E-state index contributed by atoms with van der Waals surface area (Å²) in [6.45, 7) is 2.03. The third kappa shape index (κ3) is 4.62. The number of benzene rings is 1. The second kappa shape index (κ2) is 7.41. The summed E-state index contributed by atoms with van der Waals surface area (Å²) in [6.07, 6.45) is 0.292. The third-order valence-corrected chi connectivity index (χ3v) is 2.95. The van der Waals surface area contributed by atoms with Crippen LogP contribution < -0.4 is 0 Å². The molecule has 5 nitrogen and oxygen atoms in total. The number of amides is 1. The van der Waals surface area contributed by atoms with Crippen LogP contribution in [0.4, 0.5) is 4.79 Å². The van der Waals surface area contributed by atoms with E-state index in [1.165, 1.54) is 0 Å². The van der Waals surface area contributed by atoms with E-state index in [1.807, 2.05) is 37.3 Å². The minimum absolute atomic E-state index is 0.191. The molecule has 0 aliphatic rings. The molecule has 0 spiro atoms. The Morgan fingerprint density at radius 2 is 1.84 bits per heavy atom. The first-order valence-electron chi connectivity index (χ1n) is 6.32. The van der Waals surface area contributed by atoms with Crippen molar-refractivity contribution in [2.24, 2.45) is 0 Å². The van der Waals surface area contributed by atoms with Crippen LogP contribution in [0.1, 0.15) is 25.3 Å². The fourth-order valence-corrected chi connectivity index (χ4v) is 1.97. The quantitative estimate of drug-likeness (QED) is 0.793. The summed E-state index contributed by atoms with van der Waals surface area (Å²) in [6, 6.07) is 8.47. The standard InChI is InChI=1S/C14H19NO4/c1-2-6-12(13(16)17)15(14(18)19)10-9-11-7-4-3-5-8-11/h3-5,7-8,12H,2,6,9-10H2,1H3,(H,16,17)(H,18,19). The second-order valence-corrected chi connectivity index (χ2v) is 4.35. The van der Waals surface area contributed by atoms with E-state index >= 15 is 0 Å². The molecule has 1 rings (SSSR count). The first-order valence-corrected chi connectivity index (χ1v) is 6.32. The molecule has 0 saturated heterocycles. The highest BCUT2D eigenvalue weighted by Gasteiger charge is 2.28. The summed E-state index contributed by atoms with van der Waals surface area (Å²) >= 11 is 0. The summed E-state index contributed by atoms with van der Waals surface area (Å²) in [5.74, 6) is -1.09. The average molecular weight is 265 g/mol. The molecule has 0 radical (unpaired) electrons. The minimum Gasteiger partial charge on any atom is -0.480 e. The second-order valence-electron chi connectivity index (χ2n) is 4.35. The number of nitrogens with zero attached hydrogens (tertiary/aromatic N) is 1. The lowest BCUT2D eigenvalue weighted by Gasteiger charge is -2.26. The van der Waals surface area contributed by atoms with Crippen LogP contribution in [0.15, 0.2) is 30.3 Å². The molecule has 0 heterocycles. The van der Waals surface area contributed by atoms with Crippen molar-refractivity contribution in [3.8, 4) is 0 Å². The van der Waals surface area contributed by atoms with E-state index in [4.69, 9.17) is 10.2 Å². The lowest BCUT2D eigenvalue weighted by molar-refractivity contribution is -0.142. The molecule has 0 aliphatic heterocycles. The Morgan fingerprint density at radius 1 is 1.21 bits per heavy atom. The van der Waals surface area contributed by atoms with Gasteiger partial charge in [0.2, 0.25) is 0 Å². The van der Waals surface area contributed by atoms with Crippen LogP contribution >= 0.6 is 0 Å². The summed E-state index contributed by atoms with van der Waals surface area (Å²) in [4.78, 5) is 23.4. The number of rotatable bonds is 7. The molecule has 1 aromatic carbocycles. The smallest absolute Gasteiger partial charge is 0.408 e. The van der Waals surface area contributed by atoms with Crippen LogP contribution in [0, 0.1) is 0 Å². The Labute approximate surface area is 112 Å². The zero-order valence-corrected chi connectivity index (χ0v) is 11.0. The fourth-order valence-electron chi connectivity index (χ4n) is 1.97. The van der Waals surface area contributed by atoms with Crippen molar-refractivity contribution < 1.29 is 19.8 Å². The van der Waals surface area contributed by atoms with Crippen LogP contribution in [-0.2, 0) is 11.2 Å². The van der Waals surface area contributed by atoms with Gasteiger partial charge in [-0.3, -0.25) is 4.90 Å². The first-order chi connectivity index (χ1) is 9.06. The topological polar surface area (TPSA) is 77.8 Å². The van der Waals surface area contributed by atoms with E-state index in [9.17, 15) is 9.59 Å². The molecule has 1 aromatic rings. The predicted molar refractivity (Wildman–Crippen MR) is 71.2 cm³/mol. The van der Waals surface area contributed by atoms with Crippen molar-refractivity contribution in [2.75, 3.05) is 6.54 Å². The molecule has 1 atom stereocenters. The molecule has 1 unspecified atom stereocenters. The number of hydrogen-bond donors (Lipinski definition) is 2. The Morgan fingerprint density at radius 3 is 2.32 bits per heavy atom. The van der Waals surface area contributed by atoms with Gasteiger partial charge in [0.1, 0.15) is 6.04 Å². The zero-order valence-electron chi connectivity index (χ0n) is 11.0. The first kappa shape index (κ1) is 15.0. The Bertz CT molecular complexity index is 419. The van der Waals surface area contributed by atoms with Gasteiger partial charge < -0.3 is 10.2 Å². The molecular formula is C14H19NO4. The van der Waals surface area contributed by atoms with Gasteiger partial charge in [0, 0.05) is 6.54 Å². The normalized spacial score (nSPS) is 11.8. The number of carboxylic acids is 1. The monoisotopic (exact) mass is 265 g/mol. The van der Waals surface area contributed by atoms with Gasteiger partial charge in [-0.2, -0.15) is 0 Å². The third-order valence-electron chi connectivity index (χ3n) is 2.95. The highest BCUT2D eigenvalue weighted by Crippen LogP contribution is 2.10. The lowest BCUT2D eigenvalue weighted by Crippen LogP contribution is -2.45. The van der Waals surface area contributed by atoms with Crippen molar-refractivity contribution in [3.05, 3.63) is 35.9 Å². The molecule has 0 fully saturated rings. The molecular weight excluding hydrogens is 246 g/mol. The SMILES string of the molecule is CCCC(C(=O)O)N(CCc1ccccc1)C(=O)O. The van der Waals surface area contributed by atoms with E-state index < -0.39 is 18.1 Å². The number of hydrogen-bond acceptors (Lipinski definition) is 2. The van der Waals surface area contributed by atoms with Gasteiger partial charge in [-0.25, -0.2) is 9.59 Å². The van der Waals surface area contributed by atoms with Crippen molar-refractivity contribution in [3.63, 3.8) is 0 Å². The molecule has 0 aliphatic carbocycles. The number of aliphatic carboxylic acids is 1. The Kier molecular flexibility index (Phi) is 5.85. The number of carboxylic acid groups (broad SMARTS) is 2. The Hall–Kier alpha value is -2.04. The van der Waals surface area contributed by atoms with Crippen molar-refractivity contribution in [1.82, 2.24) is 4.90 Å². The highest BCUT2D eigenvalue weighted by atomic mass is 16.4. The van der Waals surface area contributed by atoms with Crippen LogP contribution in [0.25, 0.3) is 0 Å². The van der Waals surface area contributed by atoms with Gasteiger partial charge in [-0.1, -0.05) is 43.7 Å². The van der Waals surface area contributed by atoms with Crippen molar-refractivity contribution in [1.29, 1.82) is 0 Å². The van der Waals surface area contributed by atoms with Crippen molar-refractivity contribution in [2.45, 2.75) is 32.2 Å². The van der Waals surface area contributed by atoms with E-state index in [-0.39, 0.29) is 6.54 Å². The largest absolute Gasteiger partial charge is 0.480 e. The molecule has 0 saturated carbocycles. The molecule has 5 heteroatoms. The molecule has 104 valence electrons. The van der Waals surface area contributed by atoms with E-state index in [0.29, 0.717) is 19.3 Å². The predicted octanol–water partition coefficient (Wildman–Crippen LogP) is 2.46.